The number of hydrogen-bond donors (Lipinski definition) is 2. The normalized spacial score (nSPS) is 27.1. The number of thiazole rings is 1. The van der Waals surface area contributed by atoms with Crippen molar-refractivity contribution in [3.63, 3.8) is 0 Å². The number of anilines is 1. The summed E-state index contributed by atoms with van der Waals surface area (Å²) in [7, 11) is 0. The van der Waals surface area contributed by atoms with E-state index in [1.165, 1.54) is 30.6 Å². The van der Waals surface area contributed by atoms with Crippen molar-refractivity contribution in [3.05, 3.63) is 11.6 Å². The van der Waals surface area contributed by atoms with Gasteiger partial charge in [0.2, 0.25) is 5.91 Å². The third-order valence-electron chi connectivity index (χ3n) is 4.53. The molecule has 1 aromatic rings. The Kier molecular flexibility index (Phi) is 5.41. The number of nitrogens with zero attached hydrogens (tertiary/aromatic N) is 3. The molecule has 3 heterocycles. The van der Waals surface area contributed by atoms with Gasteiger partial charge in [0.1, 0.15) is 0 Å². The SMILES string of the molecule is O=C(CCN1CC(O)C(N2CCCCC2)C1)Nc1nccs1. The largest absolute Gasteiger partial charge is 0.390 e. The zero-order valence-electron chi connectivity index (χ0n) is 12.8. The first-order valence-electron chi connectivity index (χ1n) is 8.06. The number of carbonyl (C=O) groups excluding carboxylic acids is 1. The van der Waals surface area contributed by atoms with E-state index in [0.717, 1.165) is 19.6 Å². The zero-order valence-corrected chi connectivity index (χ0v) is 13.6. The Bertz CT molecular complexity index is 476. The molecule has 0 aliphatic carbocycles. The third-order valence-corrected chi connectivity index (χ3v) is 5.22. The van der Waals surface area contributed by atoms with Crippen LogP contribution in [-0.2, 0) is 4.79 Å². The van der Waals surface area contributed by atoms with Gasteiger partial charge in [0.15, 0.2) is 5.13 Å². The first-order chi connectivity index (χ1) is 10.7. The highest BCUT2D eigenvalue weighted by molar-refractivity contribution is 7.13. The quantitative estimate of drug-likeness (QED) is 0.846. The minimum Gasteiger partial charge on any atom is -0.390 e. The highest BCUT2D eigenvalue weighted by Crippen LogP contribution is 2.21. The Morgan fingerprint density at radius 3 is 2.91 bits per heavy atom. The van der Waals surface area contributed by atoms with Gasteiger partial charge in [-0.25, -0.2) is 4.98 Å². The molecule has 22 heavy (non-hydrogen) atoms. The van der Waals surface area contributed by atoms with Crippen molar-refractivity contribution in [2.24, 2.45) is 0 Å². The van der Waals surface area contributed by atoms with Crippen LogP contribution in [0.5, 0.6) is 0 Å². The summed E-state index contributed by atoms with van der Waals surface area (Å²) in [6, 6.07) is 0.238. The van der Waals surface area contributed by atoms with Crippen LogP contribution in [0.1, 0.15) is 25.7 Å². The molecule has 0 radical (unpaired) electrons. The van der Waals surface area contributed by atoms with Crippen LogP contribution in [0.15, 0.2) is 11.6 Å². The highest BCUT2D eigenvalue weighted by atomic mass is 32.1. The fourth-order valence-corrected chi connectivity index (χ4v) is 3.91. The molecule has 3 rings (SSSR count). The number of aromatic nitrogens is 1. The van der Waals surface area contributed by atoms with Crippen molar-refractivity contribution in [2.45, 2.75) is 37.8 Å². The maximum absolute atomic E-state index is 11.9. The number of piperidine rings is 1. The summed E-state index contributed by atoms with van der Waals surface area (Å²) in [6.07, 6.45) is 5.61. The summed E-state index contributed by atoms with van der Waals surface area (Å²) in [6.45, 7) is 4.43. The number of nitrogens with one attached hydrogen (secondary N) is 1. The van der Waals surface area contributed by atoms with Gasteiger partial charge >= 0.3 is 0 Å². The predicted molar refractivity (Wildman–Crippen MR) is 87.0 cm³/mol. The van der Waals surface area contributed by atoms with Crippen molar-refractivity contribution in [1.29, 1.82) is 0 Å². The van der Waals surface area contributed by atoms with Gasteiger partial charge in [0.05, 0.1) is 6.10 Å². The topological polar surface area (TPSA) is 68.7 Å². The minimum atomic E-state index is -0.292. The Balaban J connectivity index is 1.42. The number of rotatable bonds is 5. The van der Waals surface area contributed by atoms with Crippen LogP contribution in [0.2, 0.25) is 0 Å². The standard InChI is InChI=1S/C15H24N4O2S/c20-13-11-18(10-12(13)19-6-2-1-3-7-19)8-4-14(21)17-15-16-5-9-22-15/h5,9,12-13,20H,1-4,6-8,10-11H2,(H,16,17,21). The maximum Gasteiger partial charge on any atom is 0.227 e. The molecule has 0 aromatic carbocycles. The number of hydrogen-bond acceptors (Lipinski definition) is 6. The third kappa shape index (κ3) is 4.04. The summed E-state index contributed by atoms with van der Waals surface area (Å²) >= 11 is 1.43. The lowest BCUT2D eigenvalue weighted by Gasteiger charge is -2.33. The number of likely N-dealkylation sites (tertiary alicyclic amines) is 2. The Morgan fingerprint density at radius 2 is 2.18 bits per heavy atom. The molecule has 2 N–H and O–H groups in total. The van der Waals surface area contributed by atoms with Crippen LogP contribution in [0.4, 0.5) is 5.13 Å². The molecular weight excluding hydrogens is 300 g/mol. The molecule has 2 atom stereocenters. The van der Waals surface area contributed by atoms with Crippen molar-refractivity contribution < 1.29 is 9.90 Å². The van der Waals surface area contributed by atoms with E-state index in [0.29, 0.717) is 24.6 Å². The van der Waals surface area contributed by atoms with E-state index in [2.05, 4.69) is 20.1 Å². The summed E-state index contributed by atoms with van der Waals surface area (Å²) in [5.41, 5.74) is 0. The highest BCUT2D eigenvalue weighted by Gasteiger charge is 2.35. The molecule has 6 nitrogen and oxygen atoms in total. The monoisotopic (exact) mass is 324 g/mol. The number of aliphatic hydroxyl groups is 1. The second-order valence-electron chi connectivity index (χ2n) is 6.13. The Hall–Kier alpha value is -1.02. The summed E-state index contributed by atoms with van der Waals surface area (Å²) in [5, 5.41) is 15.6. The van der Waals surface area contributed by atoms with Gasteiger partial charge in [0.25, 0.3) is 0 Å². The minimum absolute atomic E-state index is 0.00846. The fraction of sp³-hybridized carbons (Fsp3) is 0.733. The van der Waals surface area contributed by atoms with Gasteiger partial charge in [-0.05, 0) is 25.9 Å². The van der Waals surface area contributed by atoms with E-state index >= 15 is 0 Å². The average molecular weight is 324 g/mol. The molecule has 0 spiro atoms. The van der Waals surface area contributed by atoms with E-state index < -0.39 is 0 Å². The van der Waals surface area contributed by atoms with E-state index in [1.54, 1.807) is 6.20 Å². The predicted octanol–water partition coefficient (Wildman–Crippen LogP) is 1.00. The lowest BCUT2D eigenvalue weighted by atomic mass is 10.1. The van der Waals surface area contributed by atoms with Gasteiger partial charge in [-0.1, -0.05) is 6.42 Å². The van der Waals surface area contributed by atoms with E-state index in [-0.39, 0.29) is 18.1 Å². The molecule has 2 unspecified atom stereocenters. The number of β-amino-alcohol motifs (C(OH)–C–C–N with tert-alkyl or cyclic N) is 1. The smallest absolute Gasteiger partial charge is 0.227 e. The lowest BCUT2D eigenvalue weighted by Crippen LogP contribution is -2.45. The fourth-order valence-electron chi connectivity index (χ4n) is 3.36. The molecule has 2 saturated heterocycles. The maximum atomic E-state index is 11.9. The molecule has 122 valence electrons. The second-order valence-corrected chi connectivity index (χ2v) is 7.02. The van der Waals surface area contributed by atoms with Gasteiger partial charge in [-0.2, -0.15) is 0 Å². The van der Waals surface area contributed by atoms with E-state index in [1.807, 2.05) is 5.38 Å². The van der Waals surface area contributed by atoms with Crippen LogP contribution >= 0.6 is 11.3 Å². The van der Waals surface area contributed by atoms with Gasteiger partial charge < -0.3 is 10.4 Å². The molecule has 2 aliphatic heterocycles. The van der Waals surface area contributed by atoms with E-state index in [4.69, 9.17) is 0 Å². The van der Waals surface area contributed by atoms with Crippen molar-refractivity contribution >= 4 is 22.4 Å². The Morgan fingerprint density at radius 1 is 1.36 bits per heavy atom. The van der Waals surface area contributed by atoms with Crippen LogP contribution in [0, 0.1) is 0 Å². The molecule has 2 aliphatic rings. The van der Waals surface area contributed by atoms with Gasteiger partial charge in [-0.15, -0.1) is 11.3 Å². The molecule has 1 aromatic heterocycles. The molecule has 1 amide bonds. The molecule has 2 fully saturated rings. The average Bonchev–Trinajstić information content (AvgIpc) is 3.16. The van der Waals surface area contributed by atoms with Crippen LogP contribution in [-0.4, -0.2) is 70.7 Å². The lowest BCUT2D eigenvalue weighted by molar-refractivity contribution is -0.116. The van der Waals surface area contributed by atoms with Crippen LogP contribution < -0.4 is 5.32 Å². The molecule has 0 bridgehead atoms. The van der Waals surface area contributed by atoms with Crippen molar-refractivity contribution in [2.75, 3.05) is 38.0 Å². The summed E-state index contributed by atoms with van der Waals surface area (Å²) in [5.74, 6) is -0.00846. The molecule has 7 heteroatoms. The molecule has 0 saturated carbocycles. The Labute approximate surface area is 135 Å². The number of aliphatic hydroxyl groups excluding tert-OH is 1. The first kappa shape index (κ1) is 15.9. The first-order valence-corrected chi connectivity index (χ1v) is 8.94. The zero-order chi connectivity index (χ0) is 15.4. The number of amides is 1. The second kappa shape index (κ2) is 7.50. The number of carbonyl (C=O) groups is 1. The van der Waals surface area contributed by atoms with Gasteiger partial charge in [0, 0.05) is 43.7 Å². The van der Waals surface area contributed by atoms with Crippen molar-refractivity contribution in [3.8, 4) is 0 Å². The van der Waals surface area contributed by atoms with Crippen LogP contribution in [0.25, 0.3) is 0 Å². The van der Waals surface area contributed by atoms with E-state index in [9.17, 15) is 9.90 Å². The van der Waals surface area contributed by atoms with Gasteiger partial charge in [-0.3, -0.25) is 14.6 Å². The summed E-state index contributed by atoms with van der Waals surface area (Å²) < 4.78 is 0. The molecular formula is C15H24N4O2S. The van der Waals surface area contributed by atoms with Crippen molar-refractivity contribution in [1.82, 2.24) is 14.8 Å². The summed E-state index contributed by atoms with van der Waals surface area (Å²) in [4.78, 5) is 20.6. The van der Waals surface area contributed by atoms with Crippen LogP contribution in [0.3, 0.4) is 0 Å².